The standard InChI is InChI=1S/C13H15BrN4O2/c1-4-8-13(14)10(18(2)17-8)7-11(19)9-5-6-12(20-3)16-15-9/h5-6H,4,7H2,1-3H3. The summed E-state index contributed by atoms with van der Waals surface area (Å²) in [5.74, 6) is 0.281. The van der Waals surface area contributed by atoms with Crippen LogP contribution in [0.4, 0.5) is 0 Å². The first-order valence-corrected chi connectivity index (χ1v) is 6.97. The lowest BCUT2D eigenvalue weighted by Gasteiger charge is -2.03. The molecule has 0 aromatic carbocycles. The second-order valence-electron chi connectivity index (χ2n) is 4.25. The molecule has 0 radical (unpaired) electrons. The summed E-state index contributed by atoms with van der Waals surface area (Å²) in [4.78, 5) is 12.2. The van der Waals surface area contributed by atoms with Crippen LogP contribution in [0.2, 0.25) is 0 Å². The lowest BCUT2D eigenvalue weighted by Crippen LogP contribution is -2.10. The Morgan fingerprint density at radius 2 is 2.15 bits per heavy atom. The SMILES string of the molecule is CCc1nn(C)c(CC(=O)c2ccc(OC)nn2)c1Br. The highest BCUT2D eigenvalue weighted by atomic mass is 79.9. The third-order valence-electron chi connectivity index (χ3n) is 2.97. The molecule has 0 saturated carbocycles. The molecule has 2 rings (SSSR count). The Labute approximate surface area is 125 Å². The number of carbonyl (C=O) groups is 1. The van der Waals surface area contributed by atoms with Crippen molar-refractivity contribution in [3.63, 3.8) is 0 Å². The molecule has 0 bridgehead atoms. The van der Waals surface area contributed by atoms with Crippen molar-refractivity contribution in [1.29, 1.82) is 0 Å². The van der Waals surface area contributed by atoms with Crippen LogP contribution in [0.5, 0.6) is 5.88 Å². The number of aryl methyl sites for hydroxylation is 2. The Kier molecular flexibility index (Phi) is 4.49. The quantitative estimate of drug-likeness (QED) is 0.779. The Morgan fingerprint density at radius 1 is 1.40 bits per heavy atom. The van der Waals surface area contributed by atoms with Gasteiger partial charge in [0.25, 0.3) is 0 Å². The first-order valence-electron chi connectivity index (χ1n) is 6.18. The molecular weight excluding hydrogens is 324 g/mol. The number of ether oxygens (including phenoxy) is 1. The van der Waals surface area contributed by atoms with Gasteiger partial charge in [0, 0.05) is 13.1 Å². The number of nitrogens with zero attached hydrogens (tertiary/aromatic N) is 4. The zero-order chi connectivity index (χ0) is 14.7. The summed E-state index contributed by atoms with van der Waals surface area (Å²) >= 11 is 3.49. The van der Waals surface area contributed by atoms with E-state index in [1.54, 1.807) is 16.8 Å². The summed E-state index contributed by atoms with van der Waals surface area (Å²) in [6.07, 6.45) is 1.04. The maximum absolute atomic E-state index is 12.2. The molecule has 0 atom stereocenters. The van der Waals surface area contributed by atoms with Crippen molar-refractivity contribution in [1.82, 2.24) is 20.0 Å². The fourth-order valence-electron chi connectivity index (χ4n) is 1.83. The molecule has 2 aromatic rings. The summed E-state index contributed by atoms with van der Waals surface area (Å²) in [6.45, 7) is 2.02. The molecule has 20 heavy (non-hydrogen) atoms. The average molecular weight is 339 g/mol. The van der Waals surface area contributed by atoms with E-state index in [4.69, 9.17) is 4.74 Å². The fraction of sp³-hybridized carbons (Fsp3) is 0.385. The zero-order valence-electron chi connectivity index (χ0n) is 11.6. The highest BCUT2D eigenvalue weighted by Crippen LogP contribution is 2.22. The van der Waals surface area contributed by atoms with Gasteiger partial charge in [0.15, 0.2) is 5.78 Å². The molecule has 0 N–H and O–H groups in total. The van der Waals surface area contributed by atoms with E-state index < -0.39 is 0 Å². The van der Waals surface area contributed by atoms with Crippen molar-refractivity contribution in [3.8, 4) is 5.88 Å². The summed E-state index contributed by atoms with van der Waals surface area (Å²) in [6, 6.07) is 3.23. The number of methoxy groups -OCH3 is 1. The van der Waals surface area contributed by atoms with Gasteiger partial charge in [0.05, 0.1) is 29.4 Å². The van der Waals surface area contributed by atoms with Crippen LogP contribution in [-0.2, 0) is 19.9 Å². The van der Waals surface area contributed by atoms with Gasteiger partial charge in [-0.2, -0.15) is 5.10 Å². The molecule has 6 nitrogen and oxygen atoms in total. The smallest absolute Gasteiger partial charge is 0.233 e. The first kappa shape index (κ1) is 14.6. The predicted octanol–water partition coefficient (Wildman–Crippen LogP) is 1.97. The molecule has 0 aliphatic rings. The van der Waals surface area contributed by atoms with Gasteiger partial charge in [0.2, 0.25) is 5.88 Å². The van der Waals surface area contributed by atoms with Crippen LogP contribution in [0.15, 0.2) is 16.6 Å². The second kappa shape index (κ2) is 6.13. The van der Waals surface area contributed by atoms with Gasteiger partial charge in [-0.25, -0.2) is 0 Å². The number of rotatable bonds is 5. The van der Waals surface area contributed by atoms with Crippen molar-refractivity contribution >= 4 is 21.7 Å². The number of halogens is 1. The van der Waals surface area contributed by atoms with E-state index in [9.17, 15) is 4.79 Å². The first-order chi connectivity index (χ1) is 9.56. The van der Waals surface area contributed by atoms with Crippen LogP contribution in [0.3, 0.4) is 0 Å². The van der Waals surface area contributed by atoms with Gasteiger partial charge in [-0.1, -0.05) is 6.92 Å². The molecule has 0 spiro atoms. The van der Waals surface area contributed by atoms with Crippen molar-refractivity contribution in [2.45, 2.75) is 19.8 Å². The Morgan fingerprint density at radius 3 is 2.65 bits per heavy atom. The van der Waals surface area contributed by atoms with E-state index in [1.807, 2.05) is 14.0 Å². The van der Waals surface area contributed by atoms with E-state index in [2.05, 4.69) is 31.2 Å². The molecule has 0 unspecified atom stereocenters. The monoisotopic (exact) mass is 338 g/mol. The maximum atomic E-state index is 12.2. The normalized spacial score (nSPS) is 10.6. The number of hydrogen-bond acceptors (Lipinski definition) is 5. The van der Waals surface area contributed by atoms with Gasteiger partial charge in [0.1, 0.15) is 5.69 Å². The van der Waals surface area contributed by atoms with Crippen LogP contribution < -0.4 is 4.74 Å². The summed E-state index contributed by atoms with van der Waals surface area (Å²) in [7, 11) is 3.33. The maximum Gasteiger partial charge on any atom is 0.233 e. The number of carbonyl (C=O) groups excluding carboxylic acids is 1. The molecule has 0 fully saturated rings. The number of hydrogen-bond donors (Lipinski definition) is 0. The largest absolute Gasteiger partial charge is 0.480 e. The lowest BCUT2D eigenvalue weighted by atomic mass is 10.1. The van der Waals surface area contributed by atoms with E-state index >= 15 is 0 Å². The Hall–Kier alpha value is -1.76. The third kappa shape index (κ3) is 2.87. The minimum Gasteiger partial charge on any atom is -0.480 e. The molecule has 2 heterocycles. The summed E-state index contributed by atoms with van der Waals surface area (Å²) < 4.78 is 7.52. The van der Waals surface area contributed by atoms with E-state index in [0.717, 1.165) is 22.3 Å². The molecule has 0 saturated heterocycles. The van der Waals surface area contributed by atoms with E-state index in [0.29, 0.717) is 11.6 Å². The van der Waals surface area contributed by atoms with Gasteiger partial charge < -0.3 is 4.74 Å². The van der Waals surface area contributed by atoms with Gasteiger partial charge in [-0.3, -0.25) is 9.48 Å². The number of ketones is 1. The van der Waals surface area contributed by atoms with Crippen LogP contribution in [-0.4, -0.2) is 32.9 Å². The van der Waals surface area contributed by atoms with Crippen molar-refractivity contribution in [2.24, 2.45) is 7.05 Å². The topological polar surface area (TPSA) is 69.9 Å². The highest BCUT2D eigenvalue weighted by molar-refractivity contribution is 9.10. The fourth-order valence-corrected chi connectivity index (χ4v) is 2.59. The Balaban J connectivity index is 2.20. The Bertz CT molecular complexity index is 622. The van der Waals surface area contributed by atoms with Crippen LogP contribution in [0.1, 0.15) is 28.8 Å². The molecule has 0 aliphatic carbocycles. The molecule has 0 amide bonds. The minimum atomic E-state index is -0.105. The van der Waals surface area contributed by atoms with Crippen LogP contribution in [0, 0.1) is 0 Å². The van der Waals surface area contributed by atoms with Crippen LogP contribution >= 0.6 is 15.9 Å². The van der Waals surface area contributed by atoms with Gasteiger partial charge >= 0.3 is 0 Å². The lowest BCUT2D eigenvalue weighted by molar-refractivity contribution is 0.0984. The van der Waals surface area contributed by atoms with E-state index in [1.165, 1.54) is 7.11 Å². The average Bonchev–Trinajstić information content (AvgIpc) is 2.74. The second-order valence-corrected chi connectivity index (χ2v) is 5.04. The molecule has 106 valence electrons. The van der Waals surface area contributed by atoms with Gasteiger partial charge in [-0.05, 0) is 28.4 Å². The minimum absolute atomic E-state index is 0.105. The summed E-state index contributed by atoms with van der Waals surface area (Å²) in [5.41, 5.74) is 2.09. The zero-order valence-corrected chi connectivity index (χ0v) is 13.1. The molecular formula is C13H15BrN4O2. The predicted molar refractivity (Wildman–Crippen MR) is 76.9 cm³/mol. The van der Waals surface area contributed by atoms with Gasteiger partial charge in [-0.15, -0.1) is 10.2 Å². The third-order valence-corrected chi connectivity index (χ3v) is 3.88. The van der Waals surface area contributed by atoms with Crippen molar-refractivity contribution in [2.75, 3.05) is 7.11 Å². The number of Topliss-reactive ketones (excluding diaryl/α,β-unsaturated/α-hetero) is 1. The molecule has 7 heteroatoms. The van der Waals surface area contributed by atoms with Crippen molar-refractivity contribution < 1.29 is 9.53 Å². The van der Waals surface area contributed by atoms with Crippen LogP contribution in [0.25, 0.3) is 0 Å². The molecule has 0 aliphatic heterocycles. The van der Waals surface area contributed by atoms with E-state index in [-0.39, 0.29) is 12.2 Å². The highest BCUT2D eigenvalue weighted by Gasteiger charge is 2.17. The van der Waals surface area contributed by atoms with Crippen molar-refractivity contribution in [3.05, 3.63) is 33.7 Å². The molecule has 2 aromatic heterocycles. The summed E-state index contributed by atoms with van der Waals surface area (Å²) in [5, 5.41) is 12.0. The number of aromatic nitrogens is 4.